The number of alkyl halides is 1. The van der Waals surface area contributed by atoms with Crippen LogP contribution in [0.1, 0.15) is 13.8 Å². The maximum Gasteiger partial charge on any atom is 0.153 e. The Kier molecular flexibility index (Phi) is 9.74. The number of rotatable bonds is 8. The van der Waals surface area contributed by atoms with Crippen LogP contribution in [0.5, 0.6) is 0 Å². The lowest BCUT2D eigenvalue weighted by atomic mass is 10.3. The van der Waals surface area contributed by atoms with Gasteiger partial charge in [0.1, 0.15) is 0 Å². The van der Waals surface area contributed by atoms with Crippen LogP contribution in [0.2, 0.25) is 0 Å². The first-order chi connectivity index (χ1) is 8.96. The van der Waals surface area contributed by atoms with Crippen molar-refractivity contribution < 1.29 is 0 Å². The molecular weight excluding hydrogens is 349 g/mol. The van der Waals surface area contributed by atoms with Crippen molar-refractivity contribution >= 4 is 22.6 Å². The molecule has 0 aromatic carbocycles. The molecule has 0 aliphatic rings. The number of nitrogens with zero attached hydrogens (tertiary/aromatic N) is 3. The summed E-state index contributed by atoms with van der Waals surface area (Å²) in [5.41, 5.74) is 4.43. The molecule has 0 heterocycles. The topological polar surface area (TPSA) is 9.72 Å². The van der Waals surface area contributed by atoms with Gasteiger partial charge in [0, 0.05) is 33.4 Å². The molecule has 0 N–H and O–H groups in total. The molecule has 0 unspecified atom stereocenters. The second-order valence-corrected chi connectivity index (χ2v) is 5.23. The van der Waals surface area contributed by atoms with Gasteiger partial charge in [0.15, 0.2) is 5.82 Å². The Hall–Kier alpha value is -0.710. The highest BCUT2D eigenvalue weighted by Crippen LogP contribution is 2.08. The predicted octanol–water partition coefficient (Wildman–Crippen LogP) is 3.28. The fourth-order valence-electron chi connectivity index (χ4n) is 1.46. The minimum Gasteiger partial charge on any atom is -0.353 e. The van der Waals surface area contributed by atoms with Gasteiger partial charge in [-0.15, -0.1) is 0 Å². The van der Waals surface area contributed by atoms with E-state index in [0.717, 1.165) is 29.0 Å². The van der Waals surface area contributed by atoms with Crippen LogP contribution in [0.15, 0.2) is 42.1 Å². The minimum atomic E-state index is 0.966. The predicted molar refractivity (Wildman–Crippen MR) is 93.1 cm³/mol. The van der Waals surface area contributed by atoms with E-state index in [1.54, 1.807) is 0 Å². The second-order valence-electron chi connectivity index (χ2n) is 4.55. The molecule has 0 saturated heterocycles. The smallest absolute Gasteiger partial charge is 0.153 e. The van der Waals surface area contributed by atoms with E-state index in [1.807, 2.05) is 39.2 Å². The summed E-state index contributed by atoms with van der Waals surface area (Å²) in [6, 6.07) is 0. The standard InChI is InChI=1S/C15H26IN3/c1-7-9-18(5)15(12-14(3)8-2)19(6)11-10-17(4)13-16/h7-9H,2,10-11,13H2,1,3-6H3/b9-7+. The molecule has 0 amide bonds. The van der Waals surface area contributed by atoms with E-state index in [9.17, 15) is 0 Å². The molecule has 0 spiro atoms. The van der Waals surface area contributed by atoms with Crippen molar-refractivity contribution in [3.8, 4) is 0 Å². The summed E-state index contributed by atoms with van der Waals surface area (Å²) in [5, 5.41) is 0. The lowest BCUT2D eigenvalue weighted by Gasteiger charge is -2.28. The van der Waals surface area contributed by atoms with Crippen molar-refractivity contribution in [2.45, 2.75) is 13.8 Å². The number of allylic oxidation sites excluding steroid dienone is 3. The Labute approximate surface area is 132 Å². The highest BCUT2D eigenvalue weighted by Gasteiger charge is 2.08. The molecular formula is C15H26IN3. The van der Waals surface area contributed by atoms with Crippen molar-refractivity contribution in [3.05, 3.63) is 42.1 Å². The van der Waals surface area contributed by atoms with E-state index in [2.05, 4.69) is 63.7 Å². The Morgan fingerprint density at radius 1 is 1.26 bits per heavy atom. The maximum atomic E-state index is 3.79. The van der Waals surface area contributed by atoms with E-state index in [0.29, 0.717) is 0 Å². The number of halogens is 1. The largest absolute Gasteiger partial charge is 0.353 e. The molecule has 0 rings (SSSR count). The van der Waals surface area contributed by atoms with Gasteiger partial charge in [-0.2, -0.15) is 0 Å². The highest BCUT2D eigenvalue weighted by molar-refractivity contribution is 14.1. The van der Waals surface area contributed by atoms with Gasteiger partial charge in [0.05, 0.1) is 4.55 Å². The van der Waals surface area contributed by atoms with E-state index in [4.69, 9.17) is 0 Å². The van der Waals surface area contributed by atoms with E-state index >= 15 is 0 Å². The third-order valence-electron chi connectivity index (χ3n) is 2.70. The van der Waals surface area contributed by atoms with E-state index in [1.165, 1.54) is 0 Å². The van der Waals surface area contributed by atoms with Crippen LogP contribution in [0.3, 0.4) is 0 Å². The molecule has 0 aliphatic carbocycles. The lowest BCUT2D eigenvalue weighted by molar-refractivity contribution is 0.276. The molecule has 19 heavy (non-hydrogen) atoms. The molecule has 0 atom stereocenters. The van der Waals surface area contributed by atoms with Gasteiger partial charge in [-0.3, -0.25) is 4.90 Å². The summed E-state index contributed by atoms with van der Waals surface area (Å²) in [6.45, 7) is 9.82. The average molecular weight is 375 g/mol. The van der Waals surface area contributed by atoms with Gasteiger partial charge in [0.2, 0.25) is 0 Å². The van der Waals surface area contributed by atoms with Gasteiger partial charge in [-0.1, -0.05) is 47.1 Å². The summed E-state index contributed by atoms with van der Waals surface area (Å²) in [5.74, 6) is 1.05. The first kappa shape index (κ1) is 18.3. The summed E-state index contributed by atoms with van der Waals surface area (Å²) >= 11 is 2.38. The quantitative estimate of drug-likeness (QED) is 0.212. The van der Waals surface area contributed by atoms with Gasteiger partial charge in [-0.25, -0.2) is 0 Å². The van der Waals surface area contributed by atoms with Crippen LogP contribution in [0, 0.1) is 0 Å². The normalized spacial score (nSPS) is 10.5. The van der Waals surface area contributed by atoms with Gasteiger partial charge in [0.25, 0.3) is 0 Å². The maximum absolute atomic E-state index is 3.79. The Bertz CT molecular complexity index is 368. The molecule has 0 fully saturated rings. The van der Waals surface area contributed by atoms with Gasteiger partial charge < -0.3 is 9.80 Å². The molecule has 3 nitrogen and oxygen atoms in total. The zero-order valence-electron chi connectivity index (χ0n) is 12.8. The second kappa shape index (κ2) is 10.1. The Morgan fingerprint density at radius 2 is 1.89 bits per heavy atom. The highest BCUT2D eigenvalue weighted by atomic mass is 127. The van der Waals surface area contributed by atoms with Gasteiger partial charge in [-0.05, 0) is 26.5 Å². The van der Waals surface area contributed by atoms with Crippen LogP contribution in [0.4, 0.5) is 0 Å². The molecule has 0 saturated carbocycles. The minimum absolute atomic E-state index is 0.966. The Morgan fingerprint density at radius 3 is 2.37 bits per heavy atom. The van der Waals surface area contributed by atoms with Crippen LogP contribution in [-0.2, 0) is 0 Å². The van der Waals surface area contributed by atoms with Crippen LogP contribution in [-0.4, -0.2) is 53.5 Å². The number of hydrogen-bond acceptors (Lipinski definition) is 3. The van der Waals surface area contributed by atoms with Crippen LogP contribution < -0.4 is 0 Å². The van der Waals surface area contributed by atoms with E-state index < -0.39 is 0 Å². The van der Waals surface area contributed by atoms with Crippen molar-refractivity contribution in [1.29, 1.82) is 0 Å². The molecule has 108 valence electrons. The Balaban J connectivity index is 5.05. The third kappa shape index (κ3) is 7.45. The number of likely N-dealkylation sites (N-methyl/N-ethyl adjacent to an activating group) is 2. The zero-order chi connectivity index (χ0) is 14.8. The van der Waals surface area contributed by atoms with Crippen molar-refractivity contribution in [1.82, 2.24) is 14.7 Å². The monoisotopic (exact) mass is 375 g/mol. The molecule has 0 aliphatic heterocycles. The first-order valence-electron chi connectivity index (χ1n) is 6.37. The summed E-state index contributed by atoms with van der Waals surface area (Å²) in [6.07, 6.45) is 5.89. The molecule has 4 heteroatoms. The summed E-state index contributed by atoms with van der Waals surface area (Å²) in [4.78, 5) is 6.58. The molecule has 0 radical (unpaired) electrons. The zero-order valence-corrected chi connectivity index (χ0v) is 14.9. The fourth-order valence-corrected chi connectivity index (χ4v) is 1.80. The first-order valence-corrected chi connectivity index (χ1v) is 7.90. The molecule has 0 aromatic heterocycles. The molecule has 0 bridgehead atoms. The van der Waals surface area contributed by atoms with Crippen LogP contribution in [0.25, 0.3) is 0 Å². The fraction of sp³-hybridized carbons (Fsp3) is 0.533. The van der Waals surface area contributed by atoms with Crippen molar-refractivity contribution in [3.63, 3.8) is 0 Å². The molecule has 0 aromatic rings. The van der Waals surface area contributed by atoms with Gasteiger partial charge >= 0.3 is 0 Å². The van der Waals surface area contributed by atoms with Crippen molar-refractivity contribution in [2.75, 3.05) is 38.8 Å². The number of hydrogen-bond donors (Lipinski definition) is 0. The SMILES string of the molecule is C=CC(C)=C=C(N(C)/C=C/C)N(C)CCN(C)CI. The van der Waals surface area contributed by atoms with Crippen LogP contribution >= 0.6 is 22.6 Å². The lowest BCUT2D eigenvalue weighted by Crippen LogP contribution is -2.33. The van der Waals surface area contributed by atoms with E-state index in [-0.39, 0.29) is 0 Å². The third-order valence-corrected chi connectivity index (χ3v) is 3.87. The average Bonchev–Trinajstić information content (AvgIpc) is 2.41. The van der Waals surface area contributed by atoms with Crippen molar-refractivity contribution in [2.24, 2.45) is 0 Å². The summed E-state index contributed by atoms with van der Waals surface area (Å²) < 4.78 is 1.04. The summed E-state index contributed by atoms with van der Waals surface area (Å²) in [7, 11) is 6.27.